The second kappa shape index (κ2) is 3.79. The average Bonchev–Trinajstić information content (AvgIpc) is 2.01. The topological polar surface area (TPSA) is 20.3 Å². The predicted molar refractivity (Wildman–Crippen MR) is 45.6 cm³/mol. The van der Waals surface area contributed by atoms with E-state index >= 15 is 0 Å². The number of amides is 1. The number of nitrogens with zero attached hydrogens (tertiary/aromatic N) is 1. The van der Waals surface area contributed by atoms with Gasteiger partial charge in [0.05, 0.1) is 5.92 Å². The fraction of sp³-hybridized carbons (Fsp3) is 0.889. The third-order valence-electron chi connectivity index (χ3n) is 2.74. The smallest absolute Gasteiger partial charge is 0.340 e. The summed E-state index contributed by atoms with van der Waals surface area (Å²) in [4.78, 5) is 12.5. The maximum atomic E-state index is 12.3. The number of halogens is 3. The van der Waals surface area contributed by atoms with Crippen LogP contribution < -0.4 is 0 Å². The number of hydrogen-bond acceptors (Lipinski definition) is 1. The molecule has 1 aliphatic rings. The van der Waals surface area contributed by atoms with E-state index in [4.69, 9.17) is 0 Å². The van der Waals surface area contributed by atoms with Gasteiger partial charge in [-0.15, -0.1) is 0 Å². The Morgan fingerprint density at radius 1 is 1.43 bits per heavy atom. The molecule has 1 amide bonds. The van der Waals surface area contributed by atoms with E-state index in [0.717, 1.165) is 0 Å². The minimum absolute atomic E-state index is 0.0308. The van der Waals surface area contributed by atoms with Crippen molar-refractivity contribution >= 4 is 5.91 Å². The molecule has 0 aromatic rings. The van der Waals surface area contributed by atoms with Crippen LogP contribution in [-0.2, 0) is 4.79 Å². The van der Waals surface area contributed by atoms with Crippen molar-refractivity contribution in [2.24, 2.45) is 5.92 Å². The average molecular weight is 209 g/mol. The Balaban J connectivity index is 2.60. The van der Waals surface area contributed by atoms with Crippen LogP contribution in [0.2, 0.25) is 0 Å². The lowest BCUT2D eigenvalue weighted by Crippen LogP contribution is -2.46. The first kappa shape index (κ1) is 11.3. The van der Waals surface area contributed by atoms with Crippen LogP contribution >= 0.6 is 0 Å². The van der Waals surface area contributed by atoms with Gasteiger partial charge in [-0.1, -0.05) is 0 Å². The molecule has 0 N–H and O–H groups in total. The Morgan fingerprint density at radius 2 is 2.00 bits per heavy atom. The minimum atomic E-state index is -4.11. The first-order chi connectivity index (χ1) is 6.32. The van der Waals surface area contributed by atoms with Gasteiger partial charge in [-0.2, -0.15) is 13.2 Å². The van der Waals surface area contributed by atoms with Gasteiger partial charge in [-0.25, -0.2) is 0 Å². The molecule has 0 unspecified atom stereocenters. The number of alkyl halides is 3. The summed E-state index contributed by atoms with van der Waals surface area (Å²) in [6.45, 7) is 3.28. The molecule has 0 aromatic carbocycles. The largest absolute Gasteiger partial charge is 0.391 e. The Kier molecular flexibility index (Phi) is 3.07. The van der Waals surface area contributed by atoms with E-state index in [1.165, 1.54) is 11.8 Å². The van der Waals surface area contributed by atoms with Crippen LogP contribution in [-0.4, -0.2) is 29.6 Å². The number of likely N-dealkylation sites (tertiary alicyclic amines) is 1. The van der Waals surface area contributed by atoms with Gasteiger partial charge in [0, 0.05) is 19.5 Å². The summed E-state index contributed by atoms with van der Waals surface area (Å²) in [6.07, 6.45) is -4.05. The first-order valence-electron chi connectivity index (χ1n) is 4.66. The van der Waals surface area contributed by atoms with Crippen LogP contribution in [0, 0.1) is 5.92 Å². The van der Waals surface area contributed by atoms with Crippen molar-refractivity contribution in [3.63, 3.8) is 0 Å². The number of rotatable bonds is 0. The maximum absolute atomic E-state index is 12.3. The molecule has 1 fully saturated rings. The number of piperidine rings is 1. The molecule has 82 valence electrons. The van der Waals surface area contributed by atoms with E-state index in [1.807, 2.05) is 0 Å². The summed E-state index contributed by atoms with van der Waals surface area (Å²) >= 11 is 0. The van der Waals surface area contributed by atoms with Gasteiger partial charge in [0.25, 0.3) is 0 Å². The van der Waals surface area contributed by atoms with E-state index in [2.05, 4.69) is 0 Å². The van der Waals surface area contributed by atoms with Gasteiger partial charge in [0.15, 0.2) is 0 Å². The van der Waals surface area contributed by atoms with Crippen molar-refractivity contribution in [2.75, 3.05) is 6.54 Å². The number of carbonyl (C=O) groups is 1. The molecule has 1 aliphatic heterocycles. The lowest BCUT2D eigenvalue weighted by atomic mass is 9.91. The molecule has 0 aliphatic carbocycles. The van der Waals surface area contributed by atoms with Crippen LogP contribution in [0.1, 0.15) is 26.7 Å². The summed E-state index contributed by atoms with van der Waals surface area (Å²) in [5.74, 6) is -1.38. The highest BCUT2D eigenvalue weighted by Gasteiger charge is 2.43. The van der Waals surface area contributed by atoms with Gasteiger partial charge < -0.3 is 4.90 Å². The molecule has 5 heteroatoms. The molecule has 1 saturated heterocycles. The second-order valence-electron chi connectivity index (χ2n) is 3.82. The van der Waals surface area contributed by atoms with Crippen molar-refractivity contribution in [3.05, 3.63) is 0 Å². The van der Waals surface area contributed by atoms with Crippen molar-refractivity contribution in [1.29, 1.82) is 0 Å². The second-order valence-corrected chi connectivity index (χ2v) is 3.82. The molecule has 2 nitrogen and oxygen atoms in total. The van der Waals surface area contributed by atoms with E-state index < -0.39 is 12.1 Å². The molecule has 0 radical (unpaired) electrons. The Hall–Kier alpha value is -0.740. The van der Waals surface area contributed by atoms with Crippen molar-refractivity contribution < 1.29 is 18.0 Å². The molecular weight excluding hydrogens is 195 g/mol. The molecule has 1 rings (SSSR count). The predicted octanol–water partition coefficient (Wildman–Crippen LogP) is 2.20. The van der Waals surface area contributed by atoms with Crippen LogP contribution in [0.15, 0.2) is 0 Å². The van der Waals surface area contributed by atoms with Gasteiger partial charge >= 0.3 is 6.18 Å². The minimum Gasteiger partial charge on any atom is -0.340 e. The normalized spacial score (nSPS) is 29.1. The van der Waals surface area contributed by atoms with Crippen LogP contribution in [0.3, 0.4) is 0 Å². The van der Waals surface area contributed by atoms with E-state index in [9.17, 15) is 18.0 Å². The fourth-order valence-corrected chi connectivity index (χ4v) is 1.94. The lowest BCUT2D eigenvalue weighted by Gasteiger charge is -2.37. The Labute approximate surface area is 81.1 Å². The molecule has 1 heterocycles. The molecule has 0 spiro atoms. The monoisotopic (exact) mass is 209 g/mol. The third-order valence-corrected chi connectivity index (χ3v) is 2.74. The van der Waals surface area contributed by atoms with Crippen LogP contribution in [0.25, 0.3) is 0 Å². The highest BCUT2D eigenvalue weighted by molar-refractivity contribution is 5.73. The van der Waals surface area contributed by atoms with Gasteiger partial charge in [0.2, 0.25) is 5.91 Å². The van der Waals surface area contributed by atoms with E-state index in [0.29, 0.717) is 0 Å². The maximum Gasteiger partial charge on any atom is 0.391 e. The molecule has 0 bridgehead atoms. The molecule has 0 aromatic heterocycles. The summed E-state index contributed by atoms with van der Waals surface area (Å²) < 4.78 is 37.0. The van der Waals surface area contributed by atoms with Crippen molar-refractivity contribution in [3.8, 4) is 0 Å². The first-order valence-corrected chi connectivity index (χ1v) is 4.66. The Bertz CT molecular complexity index is 227. The summed E-state index contributed by atoms with van der Waals surface area (Å²) in [6, 6.07) is -0.298. The number of carbonyl (C=O) groups excluding carboxylic acids is 1. The van der Waals surface area contributed by atoms with Crippen LogP contribution in [0.5, 0.6) is 0 Å². The van der Waals surface area contributed by atoms with E-state index in [1.54, 1.807) is 6.92 Å². The molecular formula is C9H14F3NO. The van der Waals surface area contributed by atoms with E-state index in [-0.39, 0.29) is 31.3 Å². The number of hydrogen-bond donors (Lipinski definition) is 0. The molecule has 0 saturated carbocycles. The Morgan fingerprint density at radius 3 is 2.36 bits per heavy atom. The molecule has 14 heavy (non-hydrogen) atoms. The quantitative estimate of drug-likeness (QED) is 0.599. The van der Waals surface area contributed by atoms with Gasteiger partial charge in [-0.3, -0.25) is 4.79 Å². The SMILES string of the molecule is CC(=O)N1CC[C@@H](C(F)(F)F)C[C@H]1C. The summed E-state index contributed by atoms with van der Waals surface area (Å²) in [5, 5.41) is 0. The highest BCUT2D eigenvalue weighted by Crippen LogP contribution is 2.36. The standard InChI is InChI=1S/C9H14F3NO/c1-6-5-8(9(10,11)12)3-4-13(6)7(2)14/h6,8H,3-5H2,1-2H3/t6-,8-/m1/s1. The summed E-state index contributed by atoms with van der Waals surface area (Å²) in [5.41, 5.74) is 0. The highest BCUT2D eigenvalue weighted by atomic mass is 19.4. The zero-order valence-corrected chi connectivity index (χ0v) is 8.27. The van der Waals surface area contributed by atoms with Crippen LogP contribution in [0.4, 0.5) is 13.2 Å². The zero-order valence-electron chi connectivity index (χ0n) is 8.27. The summed E-state index contributed by atoms with van der Waals surface area (Å²) in [7, 11) is 0. The van der Waals surface area contributed by atoms with Gasteiger partial charge in [0.1, 0.15) is 0 Å². The third kappa shape index (κ3) is 2.39. The van der Waals surface area contributed by atoms with Gasteiger partial charge in [-0.05, 0) is 19.8 Å². The lowest BCUT2D eigenvalue weighted by molar-refractivity contribution is -0.190. The van der Waals surface area contributed by atoms with Crippen molar-refractivity contribution in [1.82, 2.24) is 4.90 Å². The molecule has 2 atom stereocenters. The van der Waals surface area contributed by atoms with Crippen molar-refractivity contribution in [2.45, 2.75) is 38.9 Å². The fourth-order valence-electron chi connectivity index (χ4n) is 1.94. The zero-order chi connectivity index (χ0) is 10.9.